The SMILES string of the molecule is CC.CC.NCc1ccc(OCc2ccccc2)cc1. The Kier molecular flexibility index (Phi) is 11.1. The molecule has 2 aromatic carbocycles. The summed E-state index contributed by atoms with van der Waals surface area (Å²) in [6, 6.07) is 18.0. The van der Waals surface area contributed by atoms with Crippen LogP contribution in [0, 0.1) is 0 Å². The van der Waals surface area contributed by atoms with Gasteiger partial charge in [-0.3, -0.25) is 0 Å². The highest BCUT2D eigenvalue weighted by molar-refractivity contribution is 5.27. The van der Waals surface area contributed by atoms with Gasteiger partial charge in [-0.05, 0) is 23.3 Å². The van der Waals surface area contributed by atoms with Crippen LogP contribution in [0.2, 0.25) is 0 Å². The van der Waals surface area contributed by atoms with Gasteiger partial charge in [-0.15, -0.1) is 0 Å². The minimum absolute atomic E-state index is 0.568. The number of hydrogen-bond acceptors (Lipinski definition) is 2. The number of benzene rings is 2. The molecule has 2 heteroatoms. The van der Waals surface area contributed by atoms with Gasteiger partial charge in [-0.2, -0.15) is 0 Å². The van der Waals surface area contributed by atoms with Crippen LogP contribution >= 0.6 is 0 Å². The van der Waals surface area contributed by atoms with E-state index in [0.29, 0.717) is 13.2 Å². The Morgan fingerprint density at radius 3 is 1.80 bits per heavy atom. The molecule has 0 aliphatic rings. The van der Waals surface area contributed by atoms with Gasteiger partial charge in [-0.25, -0.2) is 0 Å². The Morgan fingerprint density at radius 2 is 1.30 bits per heavy atom. The summed E-state index contributed by atoms with van der Waals surface area (Å²) in [6.45, 7) is 9.17. The molecule has 2 rings (SSSR count). The molecule has 20 heavy (non-hydrogen) atoms. The standard InChI is InChI=1S/C14H15NO.2C2H6/c15-10-12-6-8-14(9-7-12)16-11-13-4-2-1-3-5-13;2*1-2/h1-9H,10-11,15H2;2*1-2H3. The number of nitrogens with two attached hydrogens (primary N) is 1. The Bertz CT molecular complexity index is 423. The van der Waals surface area contributed by atoms with E-state index in [0.717, 1.165) is 11.3 Å². The van der Waals surface area contributed by atoms with Gasteiger partial charge < -0.3 is 10.5 Å². The highest BCUT2D eigenvalue weighted by Gasteiger charge is 1.95. The van der Waals surface area contributed by atoms with Crippen molar-refractivity contribution in [1.82, 2.24) is 0 Å². The summed E-state index contributed by atoms with van der Waals surface area (Å²) in [5, 5.41) is 0. The van der Waals surface area contributed by atoms with Gasteiger partial charge in [0.15, 0.2) is 0 Å². The number of ether oxygens (including phenoxy) is 1. The number of hydrogen-bond donors (Lipinski definition) is 1. The number of rotatable bonds is 4. The van der Waals surface area contributed by atoms with Crippen molar-refractivity contribution in [1.29, 1.82) is 0 Å². The molecule has 0 unspecified atom stereocenters. The molecule has 0 fully saturated rings. The van der Waals surface area contributed by atoms with Crippen LogP contribution in [-0.2, 0) is 13.2 Å². The summed E-state index contributed by atoms with van der Waals surface area (Å²) in [4.78, 5) is 0. The Labute approximate surface area is 123 Å². The van der Waals surface area contributed by atoms with Crippen LogP contribution in [0.1, 0.15) is 38.8 Å². The Morgan fingerprint density at radius 1 is 0.750 bits per heavy atom. The second-order valence-electron chi connectivity index (χ2n) is 3.62. The van der Waals surface area contributed by atoms with Crippen LogP contribution in [0.15, 0.2) is 54.6 Å². The molecule has 0 heterocycles. The molecule has 0 spiro atoms. The van der Waals surface area contributed by atoms with Crippen molar-refractivity contribution < 1.29 is 4.74 Å². The molecule has 0 aliphatic heterocycles. The minimum Gasteiger partial charge on any atom is -0.489 e. The minimum atomic E-state index is 0.568. The molecule has 0 bridgehead atoms. The van der Waals surface area contributed by atoms with Crippen LogP contribution in [-0.4, -0.2) is 0 Å². The summed E-state index contributed by atoms with van der Waals surface area (Å²) in [6.07, 6.45) is 0. The highest BCUT2D eigenvalue weighted by Crippen LogP contribution is 2.13. The van der Waals surface area contributed by atoms with Crippen molar-refractivity contribution in [2.45, 2.75) is 40.8 Å². The maximum Gasteiger partial charge on any atom is 0.119 e. The molecule has 0 aliphatic carbocycles. The summed E-state index contributed by atoms with van der Waals surface area (Å²) in [5.41, 5.74) is 7.81. The monoisotopic (exact) mass is 273 g/mol. The highest BCUT2D eigenvalue weighted by atomic mass is 16.5. The van der Waals surface area contributed by atoms with Gasteiger partial charge in [0.2, 0.25) is 0 Å². The third-order valence-corrected chi connectivity index (χ3v) is 2.41. The first kappa shape index (κ1) is 18.2. The van der Waals surface area contributed by atoms with Crippen molar-refractivity contribution in [2.24, 2.45) is 5.73 Å². The summed E-state index contributed by atoms with van der Waals surface area (Å²) < 4.78 is 5.65. The molecule has 2 nitrogen and oxygen atoms in total. The van der Waals surface area contributed by atoms with E-state index in [-0.39, 0.29) is 0 Å². The lowest BCUT2D eigenvalue weighted by Crippen LogP contribution is -1.97. The molecular formula is C18H27NO. The van der Waals surface area contributed by atoms with Crippen LogP contribution in [0.4, 0.5) is 0 Å². The lowest BCUT2D eigenvalue weighted by atomic mass is 10.2. The van der Waals surface area contributed by atoms with Crippen LogP contribution in [0.25, 0.3) is 0 Å². The van der Waals surface area contributed by atoms with Crippen LogP contribution in [0.3, 0.4) is 0 Å². The van der Waals surface area contributed by atoms with E-state index in [2.05, 4.69) is 0 Å². The van der Waals surface area contributed by atoms with Crippen molar-refractivity contribution >= 4 is 0 Å². The Hall–Kier alpha value is -1.80. The van der Waals surface area contributed by atoms with E-state index < -0.39 is 0 Å². The van der Waals surface area contributed by atoms with Crippen molar-refractivity contribution in [3.63, 3.8) is 0 Å². The predicted octanol–water partition coefficient (Wildman–Crippen LogP) is 4.78. The van der Waals surface area contributed by atoms with Crippen molar-refractivity contribution in [3.8, 4) is 5.75 Å². The fraction of sp³-hybridized carbons (Fsp3) is 0.333. The smallest absolute Gasteiger partial charge is 0.119 e. The molecule has 2 aromatic rings. The first-order valence-corrected chi connectivity index (χ1v) is 7.34. The van der Waals surface area contributed by atoms with E-state index in [9.17, 15) is 0 Å². The first-order valence-electron chi connectivity index (χ1n) is 7.34. The van der Waals surface area contributed by atoms with Crippen molar-refractivity contribution in [2.75, 3.05) is 0 Å². The summed E-state index contributed by atoms with van der Waals surface area (Å²) in [5.74, 6) is 0.876. The summed E-state index contributed by atoms with van der Waals surface area (Å²) in [7, 11) is 0. The van der Waals surface area contributed by atoms with Gasteiger partial charge >= 0.3 is 0 Å². The third-order valence-electron chi connectivity index (χ3n) is 2.41. The van der Waals surface area contributed by atoms with E-state index in [4.69, 9.17) is 10.5 Å². The van der Waals surface area contributed by atoms with Gasteiger partial charge in [0.1, 0.15) is 12.4 Å². The zero-order chi connectivity index (χ0) is 15.2. The molecule has 0 saturated carbocycles. The molecule has 0 amide bonds. The zero-order valence-electron chi connectivity index (χ0n) is 13.1. The Balaban J connectivity index is 0.000000829. The van der Waals surface area contributed by atoms with E-state index in [1.54, 1.807) is 0 Å². The van der Waals surface area contributed by atoms with Crippen LogP contribution < -0.4 is 10.5 Å². The second-order valence-corrected chi connectivity index (χ2v) is 3.62. The average molecular weight is 273 g/mol. The molecule has 0 saturated heterocycles. The second kappa shape index (κ2) is 12.2. The lowest BCUT2D eigenvalue weighted by Gasteiger charge is -2.06. The largest absolute Gasteiger partial charge is 0.489 e. The van der Waals surface area contributed by atoms with Gasteiger partial charge in [0.25, 0.3) is 0 Å². The quantitative estimate of drug-likeness (QED) is 0.870. The van der Waals surface area contributed by atoms with Crippen molar-refractivity contribution in [3.05, 3.63) is 65.7 Å². The average Bonchev–Trinajstić information content (AvgIpc) is 2.58. The normalized spacial score (nSPS) is 8.65. The predicted molar refractivity (Wildman–Crippen MR) is 87.8 cm³/mol. The van der Waals surface area contributed by atoms with Gasteiger partial charge in [-0.1, -0.05) is 70.2 Å². The molecule has 0 atom stereocenters. The fourth-order valence-corrected chi connectivity index (χ4v) is 1.46. The molecule has 0 radical (unpaired) electrons. The molecule has 2 N–H and O–H groups in total. The van der Waals surface area contributed by atoms with E-state index >= 15 is 0 Å². The topological polar surface area (TPSA) is 35.2 Å². The lowest BCUT2D eigenvalue weighted by molar-refractivity contribution is 0.306. The molecule has 0 aromatic heterocycles. The summed E-state index contributed by atoms with van der Waals surface area (Å²) >= 11 is 0. The van der Waals surface area contributed by atoms with Gasteiger partial charge in [0.05, 0.1) is 0 Å². The van der Waals surface area contributed by atoms with Crippen LogP contribution in [0.5, 0.6) is 5.75 Å². The maximum atomic E-state index is 5.65. The van der Waals surface area contributed by atoms with E-state index in [1.165, 1.54) is 5.56 Å². The first-order chi connectivity index (χ1) is 9.88. The fourth-order valence-electron chi connectivity index (χ4n) is 1.46. The maximum absolute atomic E-state index is 5.65. The molecular weight excluding hydrogens is 246 g/mol. The molecule has 110 valence electrons. The third kappa shape index (κ3) is 6.95. The zero-order valence-corrected chi connectivity index (χ0v) is 13.1. The van der Waals surface area contributed by atoms with E-state index in [1.807, 2.05) is 82.3 Å². The van der Waals surface area contributed by atoms with Gasteiger partial charge in [0, 0.05) is 6.54 Å².